The largest absolute Gasteiger partial charge is 0.369 e. The van der Waals surface area contributed by atoms with Crippen molar-refractivity contribution in [3.63, 3.8) is 0 Å². The number of rotatable bonds is 4. The predicted octanol–water partition coefficient (Wildman–Crippen LogP) is 2.38. The maximum Gasteiger partial charge on any atom is 0.261 e. The van der Waals surface area contributed by atoms with Crippen LogP contribution in [0.25, 0.3) is 11.0 Å². The van der Waals surface area contributed by atoms with Crippen molar-refractivity contribution in [1.29, 1.82) is 0 Å². The predicted molar refractivity (Wildman–Crippen MR) is 82.2 cm³/mol. The molecule has 0 aliphatic carbocycles. The summed E-state index contributed by atoms with van der Waals surface area (Å²) in [5, 5.41) is 0.571. The van der Waals surface area contributed by atoms with Crippen LogP contribution in [-0.4, -0.2) is 15.0 Å². The van der Waals surface area contributed by atoms with Gasteiger partial charge in [-0.05, 0) is 44.4 Å². The smallest absolute Gasteiger partial charge is 0.261 e. The zero-order valence-electron chi connectivity index (χ0n) is 11.2. The molecular formula is C14H16N4OS. The van der Waals surface area contributed by atoms with E-state index in [1.807, 2.05) is 17.4 Å². The Bertz CT molecular complexity index is 799. The number of fused-ring (bicyclic) bond motifs is 1. The number of aromatic nitrogens is 3. The first-order valence-corrected chi connectivity index (χ1v) is 7.36. The Hall–Kier alpha value is -2.08. The lowest BCUT2D eigenvalue weighted by molar-refractivity contribution is 0.815. The molecule has 20 heavy (non-hydrogen) atoms. The van der Waals surface area contributed by atoms with Gasteiger partial charge in [0.15, 0.2) is 0 Å². The third-order valence-electron chi connectivity index (χ3n) is 3.24. The monoisotopic (exact) mass is 288 g/mol. The lowest BCUT2D eigenvalue weighted by atomic mass is 10.2. The Kier molecular flexibility index (Phi) is 3.31. The Morgan fingerprint density at radius 1 is 1.30 bits per heavy atom. The SMILES string of the molecule is Cc1ccc(CCCc2cc3c(=O)[nH]c(N)nc3[nH]2)s1. The van der Waals surface area contributed by atoms with Gasteiger partial charge in [-0.3, -0.25) is 9.78 Å². The standard InChI is InChI=1S/C14H16N4OS/c1-8-5-6-10(20-8)4-2-3-9-7-11-12(16-9)17-14(15)18-13(11)19/h5-7H,2-4H2,1H3,(H4,15,16,17,18,19). The van der Waals surface area contributed by atoms with Gasteiger partial charge in [0.05, 0.1) is 5.39 Å². The van der Waals surface area contributed by atoms with E-state index >= 15 is 0 Å². The molecule has 104 valence electrons. The number of hydrogen-bond acceptors (Lipinski definition) is 4. The third kappa shape index (κ3) is 2.60. The summed E-state index contributed by atoms with van der Waals surface area (Å²) >= 11 is 1.84. The highest BCUT2D eigenvalue weighted by atomic mass is 32.1. The minimum absolute atomic E-state index is 0.143. The zero-order chi connectivity index (χ0) is 14.1. The summed E-state index contributed by atoms with van der Waals surface area (Å²) in [5.41, 5.74) is 6.92. The molecule has 0 saturated carbocycles. The lowest BCUT2D eigenvalue weighted by Gasteiger charge is -1.96. The molecule has 3 aromatic heterocycles. The van der Waals surface area contributed by atoms with Crippen LogP contribution in [0, 0.1) is 6.92 Å². The van der Waals surface area contributed by atoms with Crippen LogP contribution in [0.2, 0.25) is 0 Å². The van der Waals surface area contributed by atoms with Gasteiger partial charge in [-0.1, -0.05) is 0 Å². The van der Waals surface area contributed by atoms with Crippen LogP contribution in [0.3, 0.4) is 0 Å². The molecule has 3 rings (SSSR count). The first-order valence-electron chi connectivity index (χ1n) is 6.54. The van der Waals surface area contributed by atoms with Crippen LogP contribution in [0.4, 0.5) is 5.95 Å². The fraction of sp³-hybridized carbons (Fsp3) is 0.286. The highest BCUT2D eigenvalue weighted by Gasteiger charge is 2.07. The molecule has 0 amide bonds. The van der Waals surface area contributed by atoms with Crippen molar-refractivity contribution >= 4 is 28.3 Å². The second kappa shape index (κ2) is 5.13. The number of nitrogens with zero attached hydrogens (tertiary/aromatic N) is 1. The number of H-pyrrole nitrogens is 2. The third-order valence-corrected chi connectivity index (χ3v) is 4.30. The summed E-state index contributed by atoms with van der Waals surface area (Å²) in [5.74, 6) is 0.143. The molecule has 0 radical (unpaired) electrons. The summed E-state index contributed by atoms with van der Waals surface area (Å²) in [6.07, 6.45) is 2.99. The number of thiophene rings is 1. The van der Waals surface area contributed by atoms with E-state index in [2.05, 4.69) is 34.0 Å². The number of nitrogens with two attached hydrogens (primary N) is 1. The summed E-state index contributed by atoms with van der Waals surface area (Å²) in [7, 11) is 0. The molecule has 6 heteroatoms. The van der Waals surface area contributed by atoms with Crippen molar-refractivity contribution in [3.8, 4) is 0 Å². The summed E-state index contributed by atoms with van der Waals surface area (Å²) in [4.78, 5) is 24.2. The van der Waals surface area contributed by atoms with E-state index in [9.17, 15) is 4.79 Å². The quantitative estimate of drug-likeness (QED) is 0.688. The number of nitrogen functional groups attached to an aromatic ring is 1. The molecule has 0 unspecified atom stereocenters. The molecule has 0 aromatic carbocycles. The van der Waals surface area contributed by atoms with Crippen LogP contribution in [0.5, 0.6) is 0 Å². The molecule has 0 bridgehead atoms. The Morgan fingerprint density at radius 3 is 2.90 bits per heavy atom. The van der Waals surface area contributed by atoms with Crippen molar-refractivity contribution in [3.05, 3.63) is 44.0 Å². The van der Waals surface area contributed by atoms with E-state index < -0.39 is 0 Å². The number of anilines is 1. The topological polar surface area (TPSA) is 87.6 Å². The van der Waals surface area contributed by atoms with E-state index in [-0.39, 0.29) is 11.5 Å². The minimum atomic E-state index is -0.191. The van der Waals surface area contributed by atoms with Crippen molar-refractivity contribution in [1.82, 2.24) is 15.0 Å². The van der Waals surface area contributed by atoms with Crippen molar-refractivity contribution in [2.24, 2.45) is 0 Å². The minimum Gasteiger partial charge on any atom is -0.369 e. The second-order valence-electron chi connectivity index (χ2n) is 4.87. The Balaban J connectivity index is 1.72. The fourth-order valence-corrected chi connectivity index (χ4v) is 3.23. The molecule has 0 atom stereocenters. The first-order chi connectivity index (χ1) is 9.61. The van der Waals surface area contributed by atoms with Gasteiger partial charge >= 0.3 is 0 Å². The molecule has 0 aliphatic heterocycles. The van der Waals surface area contributed by atoms with Crippen molar-refractivity contribution in [2.75, 3.05) is 5.73 Å². The van der Waals surface area contributed by atoms with E-state index in [0.717, 1.165) is 25.0 Å². The summed E-state index contributed by atoms with van der Waals surface area (Å²) in [6, 6.07) is 6.19. The molecule has 3 heterocycles. The Morgan fingerprint density at radius 2 is 2.15 bits per heavy atom. The van der Waals surface area contributed by atoms with Gasteiger partial charge < -0.3 is 10.7 Å². The van der Waals surface area contributed by atoms with Gasteiger partial charge in [-0.2, -0.15) is 4.98 Å². The van der Waals surface area contributed by atoms with Crippen LogP contribution < -0.4 is 11.3 Å². The molecule has 5 nitrogen and oxygen atoms in total. The normalized spacial score (nSPS) is 11.2. The number of aromatic amines is 2. The molecule has 3 aromatic rings. The lowest BCUT2D eigenvalue weighted by Crippen LogP contribution is -2.09. The molecule has 0 saturated heterocycles. The average molecular weight is 288 g/mol. The van der Waals surface area contributed by atoms with Gasteiger partial charge in [0, 0.05) is 15.4 Å². The van der Waals surface area contributed by atoms with Crippen molar-refractivity contribution in [2.45, 2.75) is 26.2 Å². The maximum atomic E-state index is 11.7. The molecular weight excluding hydrogens is 272 g/mol. The van der Waals surface area contributed by atoms with E-state index in [1.54, 1.807) is 0 Å². The molecule has 0 aliphatic rings. The van der Waals surface area contributed by atoms with Crippen LogP contribution >= 0.6 is 11.3 Å². The average Bonchev–Trinajstić information content (AvgIpc) is 2.96. The first kappa shape index (κ1) is 12.9. The van der Waals surface area contributed by atoms with Gasteiger partial charge in [-0.25, -0.2) is 0 Å². The highest BCUT2D eigenvalue weighted by Crippen LogP contribution is 2.18. The van der Waals surface area contributed by atoms with Crippen LogP contribution in [0.15, 0.2) is 23.0 Å². The van der Waals surface area contributed by atoms with Gasteiger partial charge in [0.2, 0.25) is 5.95 Å². The van der Waals surface area contributed by atoms with Crippen LogP contribution in [0.1, 0.15) is 21.9 Å². The maximum absolute atomic E-state index is 11.7. The second-order valence-corrected chi connectivity index (χ2v) is 6.25. The Labute approximate surface area is 119 Å². The summed E-state index contributed by atoms with van der Waals surface area (Å²) in [6.45, 7) is 2.12. The fourth-order valence-electron chi connectivity index (χ4n) is 2.30. The van der Waals surface area contributed by atoms with E-state index in [1.165, 1.54) is 9.75 Å². The molecule has 0 fully saturated rings. The zero-order valence-corrected chi connectivity index (χ0v) is 12.0. The highest BCUT2D eigenvalue weighted by molar-refractivity contribution is 7.11. The number of aryl methyl sites for hydroxylation is 3. The number of nitrogens with one attached hydrogen (secondary N) is 2. The van der Waals surface area contributed by atoms with Gasteiger partial charge in [0.25, 0.3) is 5.56 Å². The van der Waals surface area contributed by atoms with Crippen LogP contribution in [-0.2, 0) is 12.8 Å². The van der Waals surface area contributed by atoms with E-state index in [0.29, 0.717) is 11.0 Å². The number of hydrogen-bond donors (Lipinski definition) is 3. The molecule has 0 spiro atoms. The van der Waals surface area contributed by atoms with Gasteiger partial charge in [-0.15, -0.1) is 11.3 Å². The van der Waals surface area contributed by atoms with E-state index in [4.69, 9.17) is 5.73 Å². The van der Waals surface area contributed by atoms with Crippen molar-refractivity contribution < 1.29 is 0 Å². The van der Waals surface area contributed by atoms with Gasteiger partial charge in [0.1, 0.15) is 5.65 Å². The summed E-state index contributed by atoms with van der Waals surface area (Å²) < 4.78 is 0. The molecule has 4 N–H and O–H groups in total.